The number of nitrogens with zero attached hydrogens (tertiary/aromatic N) is 4. The zero-order valence-electron chi connectivity index (χ0n) is 16.3. The molecule has 9 heteroatoms. The van der Waals surface area contributed by atoms with Gasteiger partial charge in [0.2, 0.25) is 5.88 Å². The summed E-state index contributed by atoms with van der Waals surface area (Å²) in [7, 11) is 1.76. The fourth-order valence-corrected chi connectivity index (χ4v) is 2.71. The molecule has 1 aliphatic rings. The number of hydrogen-bond acceptors (Lipinski definition) is 5. The molecule has 1 aliphatic heterocycles. The van der Waals surface area contributed by atoms with Gasteiger partial charge in [0, 0.05) is 51.5 Å². The number of aliphatic imine (C=N–C) groups is 1. The average Bonchev–Trinajstić information content (AvgIpc) is 2.68. The molecule has 0 unspecified atom stereocenters. The summed E-state index contributed by atoms with van der Waals surface area (Å²) in [4.78, 5) is 24.3. The van der Waals surface area contributed by atoms with Gasteiger partial charge in [-0.3, -0.25) is 4.99 Å². The van der Waals surface area contributed by atoms with Gasteiger partial charge in [-0.15, -0.1) is 24.0 Å². The van der Waals surface area contributed by atoms with Crippen LogP contribution in [0.2, 0.25) is 0 Å². The van der Waals surface area contributed by atoms with Crippen molar-refractivity contribution in [2.24, 2.45) is 4.99 Å². The van der Waals surface area contributed by atoms with Gasteiger partial charge in [0.05, 0.1) is 13.2 Å². The van der Waals surface area contributed by atoms with Gasteiger partial charge >= 0.3 is 6.09 Å². The van der Waals surface area contributed by atoms with E-state index in [2.05, 4.69) is 27.1 Å². The molecule has 152 valence electrons. The highest BCUT2D eigenvalue weighted by molar-refractivity contribution is 14.0. The fraction of sp³-hybridized carbons (Fsp3) is 0.611. The standard InChI is InChI=1S/C18H29N5O3.HI/c1-4-13-26-16-15(7-6-8-20-16)14-21-17(19-3)22-9-11-23(12-10-22)18(24)25-5-2;/h6-8H,4-5,9-14H2,1-3H3,(H,19,21);1H. The second-order valence-corrected chi connectivity index (χ2v) is 5.89. The Bertz CT molecular complexity index is 606. The number of nitrogens with one attached hydrogen (secondary N) is 1. The molecule has 2 heterocycles. The van der Waals surface area contributed by atoms with Gasteiger partial charge in [-0.1, -0.05) is 13.0 Å². The second kappa shape index (κ2) is 12.6. The highest BCUT2D eigenvalue weighted by Gasteiger charge is 2.23. The Morgan fingerprint density at radius 2 is 1.96 bits per heavy atom. The molecule has 1 aromatic heterocycles. The van der Waals surface area contributed by atoms with Crippen molar-refractivity contribution in [2.45, 2.75) is 26.8 Å². The first kappa shape index (κ1) is 23.3. The first-order chi connectivity index (χ1) is 12.7. The molecule has 1 amide bonds. The number of pyridine rings is 1. The molecule has 2 rings (SSSR count). The quantitative estimate of drug-likeness (QED) is 0.374. The Kier molecular flexibility index (Phi) is 10.8. The first-order valence-corrected chi connectivity index (χ1v) is 9.13. The van der Waals surface area contributed by atoms with Crippen LogP contribution in [0.5, 0.6) is 5.88 Å². The maximum Gasteiger partial charge on any atom is 0.409 e. The number of hydrogen-bond donors (Lipinski definition) is 1. The van der Waals surface area contributed by atoms with Crippen molar-refractivity contribution in [2.75, 3.05) is 46.4 Å². The lowest BCUT2D eigenvalue weighted by atomic mass is 10.2. The number of carbonyl (C=O) groups is 1. The largest absolute Gasteiger partial charge is 0.477 e. The molecule has 1 saturated heterocycles. The average molecular weight is 491 g/mol. The zero-order valence-corrected chi connectivity index (χ0v) is 18.6. The molecule has 0 radical (unpaired) electrons. The Labute approximate surface area is 178 Å². The van der Waals surface area contributed by atoms with Crippen molar-refractivity contribution in [3.05, 3.63) is 23.9 Å². The van der Waals surface area contributed by atoms with Crippen LogP contribution >= 0.6 is 24.0 Å². The predicted octanol–water partition coefficient (Wildman–Crippen LogP) is 2.34. The van der Waals surface area contributed by atoms with Crippen LogP contribution in [0.15, 0.2) is 23.3 Å². The van der Waals surface area contributed by atoms with Crippen LogP contribution in [0, 0.1) is 0 Å². The SMILES string of the molecule is CCCOc1ncccc1CNC(=NC)N1CCN(C(=O)OCC)CC1.I. The second-order valence-electron chi connectivity index (χ2n) is 5.89. The molecule has 27 heavy (non-hydrogen) atoms. The topological polar surface area (TPSA) is 79.3 Å². The van der Waals surface area contributed by atoms with E-state index >= 15 is 0 Å². The van der Waals surface area contributed by atoms with Gasteiger partial charge < -0.3 is 24.6 Å². The van der Waals surface area contributed by atoms with Crippen LogP contribution in [-0.2, 0) is 11.3 Å². The minimum atomic E-state index is -0.247. The van der Waals surface area contributed by atoms with E-state index in [4.69, 9.17) is 9.47 Å². The minimum absolute atomic E-state index is 0. The van der Waals surface area contributed by atoms with E-state index in [9.17, 15) is 4.79 Å². The summed E-state index contributed by atoms with van der Waals surface area (Å²) in [6.45, 7) is 8.18. The maximum atomic E-state index is 11.8. The molecule has 0 aliphatic carbocycles. The molecule has 1 N–H and O–H groups in total. The van der Waals surface area contributed by atoms with Crippen molar-refractivity contribution in [3.63, 3.8) is 0 Å². The van der Waals surface area contributed by atoms with Crippen molar-refractivity contribution < 1.29 is 14.3 Å². The molecule has 0 spiro atoms. The molecule has 1 aromatic rings. The molecule has 0 bridgehead atoms. The lowest BCUT2D eigenvalue weighted by molar-refractivity contribution is 0.0914. The summed E-state index contributed by atoms with van der Waals surface area (Å²) in [6.07, 6.45) is 2.43. The van der Waals surface area contributed by atoms with Crippen LogP contribution in [0.25, 0.3) is 0 Å². The highest BCUT2D eigenvalue weighted by Crippen LogP contribution is 2.14. The van der Waals surface area contributed by atoms with E-state index < -0.39 is 0 Å². The van der Waals surface area contributed by atoms with E-state index in [1.165, 1.54) is 0 Å². The van der Waals surface area contributed by atoms with Gasteiger partial charge in [-0.2, -0.15) is 0 Å². The normalized spacial score (nSPS) is 14.4. The van der Waals surface area contributed by atoms with Crippen LogP contribution in [-0.4, -0.2) is 73.3 Å². The van der Waals surface area contributed by atoms with Crippen molar-refractivity contribution in [3.8, 4) is 5.88 Å². The molecule has 0 saturated carbocycles. The minimum Gasteiger partial charge on any atom is -0.477 e. The van der Waals surface area contributed by atoms with Gasteiger partial charge in [-0.25, -0.2) is 9.78 Å². The number of rotatable bonds is 6. The Morgan fingerprint density at radius 3 is 2.59 bits per heavy atom. The number of guanidine groups is 1. The number of halogens is 1. The summed E-state index contributed by atoms with van der Waals surface area (Å²) in [5.41, 5.74) is 0.993. The van der Waals surface area contributed by atoms with E-state index in [1.54, 1.807) is 18.1 Å². The molecular formula is C18H30IN5O3. The zero-order chi connectivity index (χ0) is 18.8. The maximum absolute atomic E-state index is 11.8. The van der Waals surface area contributed by atoms with E-state index in [-0.39, 0.29) is 30.1 Å². The number of aromatic nitrogens is 1. The Balaban J connectivity index is 0.00000364. The number of ether oxygens (including phenoxy) is 2. The Morgan fingerprint density at radius 1 is 1.26 bits per heavy atom. The third-order valence-electron chi connectivity index (χ3n) is 4.05. The molecular weight excluding hydrogens is 461 g/mol. The van der Waals surface area contributed by atoms with E-state index in [0.717, 1.165) is 17.9 Å². The summed E-state index contributed by atoms with van der Waals surface area (Å²) < 4.78 is 10.8. The first-order valence-electron chi connectivity index (χ1n) is 9.13. The van der Waals surface area contributed by atoms with Gasteiger partial charge in [0.25, 0.3) is 0 Å². The number of piperazine rings is 1. The van der Waals surface area contributed by atoms with Crippen molar-refractivity contribution in [1.82, 2.24) is 20.1 Å². The third-order valence-corrected chi connectivity index (χ3v) is 4.05. The fourth-order valence-electron chi connectivity index (χ4n) is 2.71. The van der Waals surface area contributed by atoms with Crippen LogP contribution in [0.1, 0.15) is 25.8 Å². The smallest absolute Gasteiger partial charge is 0.409 e. The van der Waals surface area contributed by atoms with Gasteiger partial charge in [-0.05, 0) is 19.4 Å². The summed E-state index contributed by atoms with van der Waals surface area (Å²) >= 11 is 0. The van der Waals surface area contributed by atoms with Crippen LogP contribution in [0.4, 0.5) is 4.79 Å². The summed E-state index contributed by atoms with van der Waals surface area (Å²) in [6, 6.07) is 3.90. The van der Waals surface area contributed by atoms with Crippen molar-refractivity contribution >= 4 is 36.0 Å². The van der Waals surface area contributed by atoms with Gasteiger partial charge in [0.1, 0.15) is 0 Å². The van der Waals surface area contributed by atoms with Crippen LogP contribution in [0.3, 0.4) is 0 Å². The lowest BCUT2D eigenvalue weighted by Gasteiger charge is -2.35. The number of amides is 1. The molecule has 0 aromatic carbocycles. The Hall–Kier alpha value is -1.78. The predicted molar refractivity (Wildman–Crippen MR) is 116 cm³/mol. The lowest BCUT2D eigenvalue weighted by Crippen LogP contribution is -2.53. The van der Waals surface area contributed by atoms with Crippen LogP contribution < -0.4 is 10.1 Å². The van der Waals surface area contributed by atoms with Gasteiger partial charge in [0.15, 0.2) is 5.96 Å². The number of carbonyl (C=O) groups excluding carboxylic acids is 1. The highest BCUT2D eigenvalue weighted by atomic mass is 127. The summed E-state index contributed by atoms with van der Waals surface area (Å²) in [5, 5.41) is 3.36. The molecule has 1 fully saturated rings. The third kappa shape index (κ3) is 7.04. The van der Waals surface area contributed by atoms with Crippen molar-refractivity contribution in [1.29, 1.82) is 0 Å². The molecule has 0 atom stereocenters. The summed E-state index contributed by atoms with van der Waals surface area (Å²) in [5.74, 6) is 1.46. The monoisotopic (exact) mass is 491 g/mol. The molecule has 8 nitrogen and oxygen atoms in total. The van der Waals surface area contributed by atoms with E-state index in [0.29, 0.717) is 51.8 Å². The van der Waals surface area contributed by atoms with E-state index in [1.807, 2.05) is 19.1 Å².